The fourth-order valence-electron chi connectivity index (χ4n) is 1.55. The van der Waals surface area contributed by atoms with Crippen molar-refractivity contribution in [2.45, 2.75) is 32.6 Å². The Morgan fingerprint density at radius 1 is 1.12 bits per heavy atom. The van der Waals surface area contributed by atoms with E-state index in [0.29, 0.717) is 0 Å². The molecule has 0 fully saturated rings. The molecule has 1 heterocycles. The molecule has 0 saturated heterocycles. The van der Waals surface area contributed by atoms with Crippen LogP contribution in [0.2, 0.25) is 0 Å². The maximum absolute atomic E-state index is 5.35. The maximum Gasteiger partial charge on any atom is 0.142 e. The van der Waals surface area contributed by atoms with Crippen molar-refractivity contribution in [2.75, 3.05) is 0 Å². The molecule has 0 spiro atoms. The largest absolute Gasteiger partial charge is 0.361 e. The van der Waals surface area contributed by atoms with Crippen molar-refractivity contribution < 1.29 is 4.52 Å². The number of hydrogen-bond acceptors (Lipinski definition) is 2. The Kier molecular flexibility index (Phi) is 2.82. The standard InChI is InChI=1S/C14H17NO/c1-14(2,3)13-10-12(15-16-13)9-11-7-5-4-6-8-11/h4-8,10H,9H2,1-3H3. The molecule has 2 heteroatoms. The second kappa shape index (κ2) is 4.12. The van der Waals surface area contributed by atoms with Gasteiger partial charge < -0.3 is 4.52 Å². The maximum atomic E-state index is 5.35. The van der Waals surface area contributed by atoms with Gasteiger partial charge in [-0.25, -0.2) is 0 Å². The van der Waals surface area contributed by atoms with Gasteiger partial charge in [0, 0.05) is 17.9 Å². The van der Waals surface area contributed by atoms with E-state index in [1.807, 2.05) is 24.3 Å². The number of benzene rings is 1. The third-order valence-corrected chi connectivity index (χ3v) is 2.53. The Hall–Kier alpha value is -1.57. The summed E-state index contributed by atoms with van der Waals surface area (Å²) in [5, 5.41) is 4.10. The van der Waals surface area contributed by atoms with Gasteiger partial charge in [0.15, 0.2) is 0 Å². The lowest BCUT2D eigenvalue weighted by Gasteiger charge is -2.12. The van der Waals surface area contributed by atoms with E-state index in [-0.39, 0.29) is 5.41 Å². The first-order chi connectivity index (χ1) is 7.55. The summed E-state index contributed by atoms with van der Waals surface area (Å²) < 4.78 is 5.35. The van der Waals surface area contributed by atoms with Crippen LogP contribution in [-0.4, -0.2) is 5.16 Å². The fraction of sp³-hybridized carbons (Fsp3) is 0.357. The molecule has 0 radical (unpaired) electrons. The smallest absolute Gasteiger partial charge is 0.142 e. The van der Waals surface area contributed by atoms with E-state index in [1.54, 1.807) is 0 Å². The first-order valence-corrected chi connectivity index (χ1v) is 5.56. The van der Waals surface area contributed by atoms with Gasteiger partial charge in [0.05, 0.1) is 5.69 Å². The second-order valence-electron chi connectivity index (χ2n) is 5.09. The molecule has 1 aromatic carbocycles. The summed E-state index contributed by atoms with van der Waals surface area (Å²) in [5.74, 6) is 0.943. The Labute approximate surface area is 96.3 Å². The van der Waals surface area contributed by atoms with E-state index in [2.05, 4.69) is 38.1 Å². The molecule has 0 aliphatic carbocycles. The van der Waals surface area contributed by atoms with Gasteiger partial charge in [0.1, 0.15) is 5.76 Å². The predicted octanol–water partition coefficient (Wildman–Crippen LogP) is 3.56. The van der Waals surface area contributed by atoms with Crippen LogP contribution in [0.5, 0.6) is 0 Å². The zero-order chi connectivity index (χ0) is 11.6. The van der Waals surface area contributed by atoms with E-state index in [9.17, 15) is 0 Å². The van der Waals surface area contributed by atoms with Gasteiger partial charge in [-0.1, -0.05) is 56.3 Å². The van der Waals surface area contributed by atoms with E-state index < -0.39 is 0 Å². The van der Waals surface area contributed by atoms with Crippen LogP contribution in [0.1, 0.15) is 37.8 Å². The normalized spacial score (nSPS) is 11.7. The average molecular weight is 215 g/mol. The Bertz CT molecular complexity index is 451. The molecule has 0 saturated carbocycles. The van der Waals surface area contributed by atoms with Crippen molar-refractivity contribution in [1.82, 2.24) is 5.16 Å². The average Bonchev–Trinajstić information content (AvgIpc) is 2.67. The summed E-state index contributed by atoms with van der Waals surface area (Å²) in [6.45, 7) is 6.37. The van der Waals surface area contributed by atoms with Crippen molar-refractivity contribution >= 4 is 0 Å². The number of nitrogens with zero attached hydrogens (tertiary/aromatic N) is 1. The van der Waals surface area contributed by atoms with Crippen LogP contribution in [0.4, 0.5) is 0 Å². The van der Waals surface area contributed by atoms with Gasteiger partial charge in [0.2, 0.25) is 0 Å². The van der Waals surface area contributed by atoms with Crippen molar-refractivity contribution in [1.29, 1.82) is 0 Å². The molecule has 0 amide bonds. The van der Waals surface area contributed by atoms with E-state index in [0.717, 1.165) is 17.9 Å². The van der Waals surface area contributed by atoms with Gasteiger partial charge in [0.25, 0.3) is 0 Å². The molecule has 0 atom stereocenters. The van der Waals surface area contributed by atoms with Gasteiger partial charge in [-0.3, -0.25) is 0 Å². The summed E-state index contributed by atoms with van der Waals surface area (Å²) in [6.07, 6.45) is 0.834. The highest BCUT2D eigenvalue weighted by Crippen LogP contribution is 2.23. The molecule has 1 aromatic heterocycles. The predicted molar refractivity (Wildman–Crippen MR) is 64.5 cm³/mol. The number of hydrogen-bond donors (Lipinski definition) is 0. The Balaban J connectivity index is 2.15. The van der Waals surface area contributed by atoms with Crippen LogP contribution in [0.15, 0.2) is 40.9 Å². The van der Waals surface area contributed by atoms with E-state index in [1.165, 1.54) is 5.56 Å². The van der Waals surface area contributed by atoms with Crippen LogP contribution in [0.3, 0.4) is 0 Å². The van der Waals surface area contributed by atoms with Gasteiger partial charge in [-0.15, -0.1) is 0 Å². The molecule has 0 aliphatic heterocycles. The second-order valence-corrected chi connectivity index (χ2v) is 5.09. The first-order valence-electron chi connectivity index (χ1n) is 5.56. The minimum Gasteiger partial charge on any atom is -0.361 e. The molecule has 0 N–H and O–H groups in total. The van der Waals surface area contributed by atoms with Gasteiger partial charge in [-0.2, -0.15) is 0 Å². The molecular weight excluding hydrogens is 198 g/mol. The Morgan fingerprint density at radius 2 is 1.81 bits per heavy atom. The number of aromatic nitrogens is 1. The lowest BCUT2D eigenvalue weighted by atomic mass is 9.93. The molecule has 2 rings (SSSR count). The Morgan fingerprint density at radius 3 is 2.38 bits per heavy atom. The highest BCUT2D eigenvalue weighted by molar-refractivity contribution is 5.23. The molecule has 2 nitrogen and oxygen atoms in total. The monoisotopic (exact) mass is 215 g/mol. The summed E-state index contributed by atoms with van der Waals surface area (Å²) in [6, 6.07) is 12.4. The highest BCUT2D eigenvalue weighted by Gasteiger charge is 2.19. The quantitative estimate of drug-likeness (QED) is 0.765. The summed E-state index contributed by atoms with van der Waals surface area (Å²) in [7, 11) is 0. The first kappa shape index (κ1) is 10.9. The van der Waals surface area contributed by atoms with Crippen LogP contribution in [-0.2, 0) is 11.8 Å². The van der Waals surface area contributed by atoms with Crippen LogP contribution in [0, 0.1) is 0 Å². The zero-order valence-corrected chi connectivity index (χ0v) is 10.0. The number of rotatable bonds is 2. The van der Waals surface area contributed by atoms with E-state index >= 15 is 0 Å². The van der Waals surface area contributed by atoms with Gasteiger partial charge >= 0.3 is 0 Å². The summed E-state index contributed by atoms with van der Waals surface area (Å²) in [5.41, 5.74) is 2.29. The molecule has 16 heavy (non-hydrogen) atoms. The van der Waals surface area contributed by atoms with Crippen LogP contribution >= 0.6 is 0 Å². The lowest BCUT2D eigenvalue weighted by molar-refractivity contribution is 0.326. The highest BCUT2D eigenvalue weighted by atomic mass is 16.5. The van der Waals surface area contributed by atoms with E-state index in [4.69, 9.17) is 4.52 Å². The van der Waals surface area contributed by atoms with Crippen molar-refractivity contribution in [3.8, 4) is 0 Å². The summed E-state index contributed by atoms with van der Waals surface area (Å²) >= 11 is 0. The topological polar surface area (TPSA) is 26.0 Å². The molecule has 0 bridgehead atoms. The van der Waals surface area contributed by atoms with Crippen molar-refractivity contribution in [3.05, 3.63) is 53.4 Å². The minimum absolute atomic E-state index is 0.0297. The summed E-state index contributed by atoms with van der Waals surface area (Å²) in [4.78, 5) is 0. The van der Waals surface area contributed by atoms with Gasteiger partial charge in [-0.05, 0) is 5.56 Å². The zero-order valence-electron chi connectivity index (χ0n) is 10.0. The molecule has 0 unspecified atom stereocenters. The molecule has 84 valence electrons. The molecule has 0 aliphatic rings. The fourth-order valence-corrected chi connectivity index (χ4v) is 1.55. The van der Waals surface area contributed by atoms with Crippen LogP contribution in [0.25, 0.3) is 0 Å². The minimum atomic E-state index is 0.0297. The lowest BCUT2D eigenvalue weighted by Crippen LogP contribution is -2.09. The SMILES string of the molecule is CC(C)(C)c1cc(Cc2ccccc2)no1. The van der Waals surface area contributed by atoms with Crippen molar-refractivity contribution in [2.24, 2.45) is 0 Å². The third-order valence-electron chi connectivity index (χ3n) is 2.53. The van der Waals surface area contributed by atoms with Crippen molar-refractivity contribution in [3.63, 3.8) is 0 Å². The molecule has 2 aromatic rings. The molecular formula is C14H17NO. The third kappa shape index (κ3) is 2.51. The van der Waals surface area contributed by atoms with Crippen LogP contribution < -0.4 is 0 Å².